The van der Waals surface area contributed by atoms with Crippen molar-refractivity contribution in [3.8, 4) is 0 Å². The van der Waals surface area contributed by atoms with Crippen LogP contribution in [-0.4, -0.2) is 25.0 Å². The molecule has 1 N–H and O–H groups in total. The van der Waals surface area contributed by atoms with Gasteiger partial charge in [0.05, 0.1) is 13.1 Å². The highest BCUT2D eigenvalue weighted by Gasteiger charge is 2.26. The Labute approximate surface area is 109 Å². The van der Waals surface area contributed by atoms with Gasteiger partial charge in [-0.1, -0.05) is 22.0 Å². The summed E-state index contributed by atoms with van der Waals surface area (Å²) in [6.45, 7) is -1.58. The Kier molecular flexibility index (Phi) is 5.28. The van der Waals surface area contributed by atoms with Crippen molar-refractivity contribution < 1.29 is 22.4 Å². The molecule has 0 unspecified atom stereocenters. The van der Waals surface area contributed by atoms with Crippen LogP contribution in [0.25, 0.3) is 0 Å². The second-order valence-corrected chi connectivity index (χ2v) is 4.52. The molecule has 18 heavy (non-hydrogen) atoms. The van der Waals surface area contributed by atoms with Gasteiger partial charge in [-0.15, -0.1) is 0 Å². The fraction of sp³-hybridized carbons (Fsp3) is 0.364. The number of halogens is 5. The third-order valence-corrected chi connectivity index (χ3v) is 2.79. The van der Waals surface area contributed by atoms with Crippen LogP contribution in [0.3, 0.4) is 0 Å². The van der Waals surface area contributed by atoms with Gasteiger partial charge >= 0.3 is 6.18 Å². The second-order valence-electron chi connectivity index (χ2n) is 3.67. The number of hydrogen-bond acceptors (Lipinski definition) is 2. The maximum atomic E-state index is 12.8. The number of rotatable bonds is 5. The average molecular weight is 328 g/mol. The first-order valence-electron chi connectivity index (χ1n) is 5.01. The van der Waals surface area contributed by atoms with Crippen LogP contribution in [0.5, 0.6) is 0 Å². The van der Waals surface area contributed by atoms with Crippen molar-refractivity contribution in [1.82, 2.24) is 5.32 Å². The molecular weight excluding hydrogens is 318 g/mol. The van der Waals surface area contributed by atoms with Crippen LogP contribution in [0.1, 0.15) is 5.56 Å². The summed E-state index contributed by atoms with van der Waals surface area (Å²) in [6, 6.07) is 3.81. The zero-order valence-electron chi connectivity index (χ0n) is 9.15. The number of carbonyl (C=O) groups excluding carboxylic acids is 1. The smallest absolute Gasteiger partial charge is 0.302 e. The quantitative estimate of drug-likeness (QED) is 0.842. The van der Waals surface area contributed by atoms with Gasteiger partial charge in [-0.2, -0.15) is 13.2 Å². The lowest BCUT2D eigenvalue weighted by Crippen LogP contribution is -2.33. The van der Waals surface area contributed by atoms with E-state index in [2.05, 4.69) is 15.9 Å². The van der Waals surface area contributed by atoms with Crippen LogP contribution in [0.15, 0.2) is 22.7 Å². The van der Waals surface area contributed by atoms with E-state index in [1.54, 1.807) is 0 Å². The molecular formula is C11H10BrF4NO. The van der Waals surface area contributed by atoms with Gasteiger partial charge in [0.15, 0.2) is 5.78 Å². The fourth-order valence-corrected chi connectivity index (χ4v) is 1.77. The third kappa shape index (κ3) is 5.59. The molecule has 1 aromatic carbocycles. The van der Waals surface area contributed by atoms with Gasteiger partial charge in [-0.25, -0.2) is 4.39 Å². The van der Waals surface area contributed by atoms with Crippen molar-refractivity contribution >= 4 is 21.7 Å². The van der Waals surface area contributed by atoms with Gasteiger partial charge in [0.2, 0.25) is 0 Å². The Balaban J connectivity index is 2.45. The highest BCUT2D eigenvalue weighted by atomic mass is 79.9. The molecule has 2 nitrogen and oxygen atoms in total. The molecule has 0 heterocycles. The lowest BCUT2D eigenvalue weighted by molar-refractivity contribution is -0.127. The van der Waals surface area contributed by atoms with E-state index in [1.807, 2.05) is 5.32 Å². The van der Waals surface area contributed by atoms with Gasteiger partial charge in [-0.05, 0) is 17.7 Å². The molecule has 0 aliphatic rings. The number of alkyl halides is 3. The molecule has 7 heteroatoms. The molecule has 1 rings (SSSR count). The molecule has 1 aromatic rings. The fourth-order valence-electron chi connectivity index (χ4n) is 1.28. The first kappa shape index (κ1) is 15.1. The number of Topliss-reactive ketones (excluding diaryl/α,β-unsaturated/α-hetero) is 1. The van der Waals surface area contributed by atoms with E-state index < -0.39 is 24.3 Å². The summed E-state index contributed by atoms with van der Waals surface area (Å²) in [6.07, 6.45) is -4.39. The summed E-state index contributed by atoms with van der Waals surface area (Å²) in [5.74, 6) is -0.847. The van der Waals surface area contributed by atoms with Crippen LogP contribution in [0.4, 0.5) is 17.6 Å². The molecule has 0 fully saturated rings. The van der Waals surface area contributed by atoms with E-state index >= 15 is 0 Å². The molecule has 100 valence electrons. The molecule has 0 aromatic heterocycles. The average Bonchev–Trinajstić information content (AvgIpc) is 2.20. The van der Waals surface area contributed by atoms with E-state index in [0.29, 0.717) is 10.0 Å². The Morgan fingerprint density at radius 1 is 1.33 bits per heavy atom. The Hall–Kier alpha value is -0.950. The largest absolute Gasteiger partial charge is 0.401 e. The topological polar surface area (TPSA) is 29.1 Å². The lowest BCUT2D eigenvalue weighted by Gasteiger charge is -2.08. The van der Waals surface area contributed by atoms with Crippen molar-refractivity contribution in [1.29, 1.82) is 0 Å². The molecule has 0 aliphatic carbocycles. The van der Waals surface area contributed by atoms with Crippen molar-refractivity contribution in [2.24, 2.45) is 0 Å². The summed E-state index contributed by atoms with van der Waals surface area (Å²) >= 11 is 3.08. The molecule has 0 saturated carbocycles. The summed E-state index contributed by atoms with van der Waals surface area (Å²) in [4.78, 5) is 11.4. The minimum atomic E-state index is -4.34. The van der Waals surface area contributed by atoms with E-state index in [4.69, 9.17) is 0 Å². The van der Waals surface area contributed by atoms with Gasteiger partial charge in [0, 0.05) is 10.9 Å². The van der Waals surface area contributed by atoms with E-state index in [1.165, 1.54) is 18.2 Å². The molecule has 0 bridgehead atoms. The SMILES string of the molecule is O=C(CNCC(F)(F)F)Cc1ccc(F)cc1Br. The lowest BCUT2D eigenvalue weighted by atomic mass is 10.1. The summed E-state index contributed by atoms with van der Waals surface area (Å²) in [7, 11) is 0. The first-order valence-corrected chi connectivity index (χ1v) is 5.80. The zero-order chi connectivity index (χ0) is 13.8. The minimum absolute atomic E-state index is 0.0499. The van der Waals surface area contributed by atoms with Crippen LogP contribution in [0.2, 0.25) is 0 Å². The molecule has 0 saturated heterocycles. The predicted octanol–water partition coefficient (Wildman–Crippen LogP) is 2.85. The third-order valence-electron chi connectivity index (χ3n) is 2.05. The normalized spacial score (nSPS) is 11.6. The number of nitrogens with one attached hydrogen (secondary N) is 1. The van der Waals surface area contributed by atoms with Crippen LogP contribution in [0, 0.1) is 5.82 Å². The van der Waals surface area contributed by atoms with Gasteiger partial charge < -0.3 is 5.32 Å². The summed E-state index contributed by atoms with van der Waals surface area (Å²) in [5.41, 5.74) is 0.537. The van der Waals surface area contributed by atoms with Gasteiger partial charge in [-0.3, -0.25) is 4.79 Å². The molecule has 0 radical (unpaired) electrons. The van der Waals surface area contributed by atoms with Crippen molar-refractivity contribution in [3.63, 3.8) is 0 Å². The van der Waals surface area contributed by atoms with Crippen molar-refractivity contribution in [2.75, 3.05) is 13.1 Å². The highest BCUT2D eigenvalue weighted by Crippen LogP contribution is 2.18. The summed E-state index contributed by atoms with van der Waals surface area (Å²) < 4.78 is 48.6. The summed E-state index contributed by atoms with van der Waals surface area (Å²) in [5, 5.41) is 2.01. The molecule has 0 atom stereocenters. The number of benzene rings is 1. The maximum absolute atomic E-state index is 12.8. The molecule has 0 spiro atoms. The Morgan fingerprint density at radius 3 is 2.56 bits per heavy atom. The maximum Gasteiger partial charge on any atom is 0.401 e. The monoisotopic (exact) mass is 327 g/mol. The number of ketones is 1. The number of carbonyl (C=O) groups is 1. The Bertz CT molecular complexity index is 434. The second kappa shape index (κ2) is 6.29. The van der Waals surface area contributed by atoms with E-state index in [-0.39, 0.29) is 13.0 Å². The first-order chi connectivity index (χ1) is 8.28. The highest BCUT2D eigenvalue weighted by molar-refractivity contribution is 9.10. The van der Waals surface area contributed by atoms with Crippen molar-refractivity contribution in [2.45, 2.75) is 12.6 Å². The zero-order valence-corrected chi connectivity index (χ0v) is 10.7. The van der Waals surface area contributed by atoms with Crippen molar-refractivity contribution in [3.05, 3.63) is 34.1 Å². The van der Waals surface area contributed by atoms with Gasteiger partial charge in [0.25, 0.3) is 0 Å². The van der Waals surface area contributed by atoms with Gasteiger partial charge in [0.1, 0.15) is 5.82 Å². The van der Waals surface area contributed by atoms with Crippen LogP contribution in [-0.2, 0) is 11.2 Å². The Morgan fingerprint density at radius 2 is 2.00 bits per heavy atom. The standard InChI is InChI=1S/C11H10BrF4NO/c12-10-4-8(13)2-1-7(10)3-9(18)5-17-6-11(14,15)16/h1-2,4,17H,3,5-6H2. The predicted molar refractivity (Wildman–Crippen MR) is 61.7 cm³/mol. The minimum Gasteiger partial charge on any atom is -0.302 e. The molecule has 0 amide bonds. The van der Waals surface area contributed by atoms with E-state index in [0.717, 1.165) is 0 Å². The van der Waals surface area contributed by atoms with Crippen LogP contribution >= 0.6 is 15.9 Å². The molecule has 0 aliphatic heterocycles. The van der Waals surface area contributed by atoms with Crippen LogP contribution < -0.4 is 5.32 Å². The number of hydrogen-bond donors (Lipinski definition) is 1. The van der Waals surface area contributed by atoms with E-state index in [9.17, 15) is 22.4 Å².